The maximum Gasteiger partial charge on any atom is 0.255 e. The number of aromatic nitrogens is 2. The molecule has 0 spiro atoms. The number of nitrogens with one attached hydrogen (secondary N) is 2. The van der Waals surface area contributed by atoms with Gasteiger partial charge in [-0.05, 0) is 49.4 Å². The number of amides is 1. The Hall–Kier alpha value is -4.42. The minimum atomic E-state index is -0.177. The zero-order valence-corrected chi connectivity index (χ0v) is 20.5. The highest BCUT2D eigenvalue weighted by Gasteiger charge is 2.11. The summed E-state index contributed by atoms with van der Waals surface area (Å²) in [7, 11) is 0. The van der Waals surface area contributed by atoms with E-state index in [1.807, 2.05) is 104 Å². The van der Waals surface area contributed by atoms with Gasteiger partial charge in [-0.3, -0.25) is 4.79 Å². The van der Waals surface area contributed by atoms with Crippen molar-refractivity contribution in [3.05, 3.63) is 127 Å². The van der Waals surface area contributed by atoms with Crippen molar-refractivity contribution in [2.75, 3.05) is 10.6 Å². The van der Waals surface area contributed by atoms with Crippen LogP contribution in [0.2, 0.25) is 0 Å². The molecule has 0 aliphatic carbocycles. The van der Waals surface area contributed by atoms with Crippen LogP contribution in [0.1, 0.15) is 16.2 Å². The highest BCUT2D eigenvalue weighted by atomic mass is 32.2. The number of nitrogens with zero attached hydrogens (tertiary/aromatic N) is 2. The molecule has 0 radical (unpaired) electrons. The van der Waals surface area contributed by atoms with Crippen molar-refractivity contribution in [1.29, 1.82) is 0 Å². The van der Waals surface area contributed by atoms with E-state index in [1.165, 1.54) is 0 Å². The van der Waals surface area contributed by atoms with E-state index in [-0.39, 0.29) is 5.91 Å². The Morgan fingerprint density at radius 2 is 1.47 bits per heavy atom. The van der Waals surface area contributed by atoms with E-state index in [4.69, 9.17) is 0 Å². The monoisotopic (exact) mass is 488 g/mol. The Morgan fingerprint density at radius 1 is 0.750 bits per heavy atom. The summed E-state index contributed by atoms with van der Waals surface area (Å²) in [6.07, 6.45) is 0. The molecule has 0 saturated carbocycles. The second kappa shape index (κ2) is 10.9. The average Bonchev–Trinajstić information content (AvgIpc) is 2.91. The number of rotatable bonds is 7. The van der Waals surface area contributed by atoms with Crippen molar-refractivity contribution in [3.63, 3.8) is 0 Å². The van der Waals surface area contributed by atoms with Crippen LogP contribution in [0.3, 0.4) is 0 Å². The van der Waals surface area contributed by atoms with Gasteiger partial charge in [0.05, 0.1) is 11.4 Å². The summed E-state index contributed by atoms with van der Waals surface area (Å²) in [5, 5.41) is 6.39. The number of benzene rings is 4. The normalized spacial score (nSPS) is 10.6. The van der Waals surface area contributed by atoms with Gasteiger partial charge in [0.2, 0.25) is 0 Å². The largest absolute Gasteiger partial charge is 0.340 e. The third kappa shape index (κ3) is 5.79. The summed E-state index contributed by atoms with van der Waals surface area (Å²) in [5.41, 5.74) is 3.95. The first-order valence-corrected chi connectivity index (χ1v) is 12.4. The number of carbonyl (C=O) groups excluding carboxylic acids is 1. The van der Waals surface area contributed by atoms with Crippen molar-refractivity contribution in [1.82, 2.24) is 9.97 Å². The molecule has 0 unspecified atom stereocenters. The van der Waals surface area contributed by atoms with E-state index in [0.29, 0.717) is 17.2 Å². The molecule has 4 aromatic carbocycles. The SMILES string of the molecule is Cc1nc(Nc2cccc(C(=O)Nc3ccccc3Sc3ccccc3)c2)cc(-c2ccccc2)n1. The molecule has 1 heterocycles. The lowest BCUT2D eigenvalue weighted by molar-refractivity contribution is 0.102. The molecule has 0 atom stereocenters. The molecule has 5 nitrogen and oxygen atoms in total. The van der Waals surface area contributed by atoms with E-state index in [1.54, 1.807) is 17.8 Å². The van der Waals surface area contributed by atoms with Crippen LogP contribution in [-0.4, -0.2) is 15.9 Å². The maximum atomic E-state index is 13.1. The van der Waals surface area contributed by atoms with E-state index >= 15 is 0 Å². The second-order valence-electron chi connectivity index (χ2n) is 8.12. The third-order valence-electron chi connectivity index (χ3n) is 5.41. The molecule has 2 N–H and O–H groups in total. The number of aryl methyl sites for hydroxylation is 1. The molecule has 36 heavy (non-hydrogen) atoms. The lowest BCUT2D eigenvalue weighted by Gasteiger charge is -2.12. The van der Waals surface area contributed by atoms with E-state index < -0.39 is 0 Å². The fraction of sp³-hybridized carbons (Fsp3) is 0.0333. The van der Waals surface area contributed by atoms with Crippen LogP contribution in [0, 0.1) is 6.92 Å². The van der Waals surface area contributed by atoms with E-state index in [0.717, 1.165) is 32.4 Å². The van der Waals surface area contributed by atoms with Crippen molar-refractivity contribution >= 4 is 34.9 Å². The molecule has 0 aliphatic rings. The van der Waals surface area contributed by atoms with Gasteiger partial charge in [-0.15, -0.1) is 0 Å². The molecule has 176 valence electrons. The average molecular weight is 489 g/mol. The van der Waals surface area contributed by atoms with Gasteiger partial charge in [-0.25, -0.2) is 9.97 Å². The second-order valence-corrected chi connectivity index (χ2v) is 9.24. The molecule has 6 heteroatoms. The number of hydrogen-bond donors (Lipinski definition) is 2. The number of hydrogen-bond acceptors (Lipinski definition) is 5. The predicted molar refractivity (Wildman–Crippen MR) is 147 cm³/mol. The van der Waals surface area contributed by atoms with E-state index in [2.05, 4.69) is 32.7 Å². The van der Waals surface area contributed by atoms with Crippen LogP contribution in [-0.2, 0) is 0 Å². The molecule has 1 aromatic heterocycles. The predicted octanol–water partition coefficient (Wildman–Crippen LogP) is 7.60. The highest BCUT2D eigenvalue weighted by Crippen LogP contribution is 2.33. The first kappa shape index (κ1) is 23.3. The van der Waals surface area contributed by atoms with Gasteiger partial charge in [0.15, 0.2) is 0 Å². The van der Waals surface area contributed by atoms with Gasteiger partial charge in [0.1, 0.15) is 11.6 Å². The van der Waals surface area contributed by atoms with Crippen LogP contribution in [0.5, 0.6) is 0 Å². The summed E-state index contributed by atoms with van der Waals surface area (Å²) in [5.74, 6) is 1.16. The van der Waals surface area contributed by atoms with Crippen molar-refractivity contribution in [3.8, 4) is 11.3 Å². The van der Waals surface area contributed by atoms with Crippen LogP contribution in [0.15, 0.2) is 125 Å². The quantitative estimate of drug-likeness (QED) is 0.247. The van der Waals surface area contributed by atoms with Crippen LogP contribution >= 0.6 is 11.8 Å². The zero-order chi connectivity index (χ0) is 24.7. The highest BCUT2D eigenvalue weighted by molar-refractivity contribution is 7.99. The van der Waals surface area contributed by atoms with Gasteiger partial charge in [0.25, 0.3) is 5.91 Å². The third-order valence-corrected chi connectivity index (χ3v) is 6.49. The van der Waals surface area contributed by atoms with E-state index in [9.17, 15) is 4.79 Å². The molecule has 0 saturated heterocycles. The van der Waals surface area contributed by atoms with Gasteiger partial charge in [-0.2, -0.15) is 0 Å². The Balaban J connectivity index is 1.34. The molecule has 0 aliphatic heterocycles. The standard InChI is InChI=1S/C30H24N4OS/c1-21-31-27(22-11-4-2-5-12-22)20-29(32-21)33-24-14-10-13-23(19-24)30(35)34-26-17-8-9-18-28(26)36-25-15-6-3-7-16-25/h2-20H,1H3,(H,34,35)(H,31,32,33). The topological polar surface area (TPSA) is 66.9 Å². The lowest BCUT2D eigenvalue weighted by Crippen LogP contribution is -2.12. The molecular weight excluding hydrogens is 464 g/mol. The molecule has 1 amide bonds. The Bertz CT molecular complexity index is 1490. The Labute approximate surface area is 214 Å². The van der Waals surface area contributed by atoms with Crippen LogP contribution in [0.25, 0.3) is 11.3 Å². The van der Waals surface area contributed by atoms with Crippen molar-refractivity contribution in [2.24, 2.45) is 0 Å². The van der Waals surface area contributed by atoms with Crippen molar-refractivity contribution in [2.45, 2.75) is 16.7 Å². The summed E-state index contributed by atoms with van der Waals surface area (Å²) in [6, 6.07) is 37.2. The summed E-state index contributed by atoms with van der Waals surface area (Å²) in [6.45, 7) is 1.87. The van der Waals surface area contributed by atoms with Crippen LogP contribution in [0.4, 0.5) is 17.2 Å². The summed E-state index contributed by atoms with van der Waals surface area (Å²) >= 11 is 1.62. The Morgan fingerprint density at radius 3 is 2.28 bits per heavy atom. The minimum absolute atomic E-state index is 0.177. The molecule has 5 aromatic rings. The molecule has 0 fully saturated rings. The van der Waals surface area contributed by atoms with Gasteiger partial charge in [0, 0.05) is 32.7 Å². The van der Waals surface area contributed by atoms with Crippen LogP contribution < -0.4 is 10.6 Å². The first-order chi connectivity index (χ1) is 17.6. The lowest BCUT2D eigenvalue weighted by atomic mass is 10.1. The summed E-state index contributed by atoms with van der Waals surface area (Å²) < 4.78 is 0. The zero-order valence-electron chi connectivity index (χ0n) is 19.7. The fourth-order valence-electron chi connectivity index (χ4n) is 3.74. The van der Waals surface area contributed by atoms with Gasteiger partial charge < -0.3 is 10.6 Å². The first-order valence-electron chi connectivity index (χ1n) is 11.6. The molecule has 0 bridgehead atoms. The molecule has 5 rings (SSSR count). The van der Waals surface area contributed by atoms with Crippen molar-refractivity contribution < 1.29 is 4.79 Å². The fourth-order valence-corrected chi connectivity index (χ4v) is 4.67. The smallest absolute Gasteiger partial charge is 0.255 e. The number of anilines is 3. The van der Waals surface area contributed by atoms with Gasteiger partial charge in [-0.1, -0.05) is 78.5 Å². The maximum absolute atomic E-state index is 13.1. The van der Waals surface area contributed by atoms with Gasteiger partial charge >= 0.3 is 0 Å². The number of carbonyl (C=O) groups is 1. The molecular formula is C30H24N4OS. The number of para-hydroxylation sites is 1. The summed E-state index contributed by atoms with van der Waals surface area (Å²) in [4.78, 5) is 24.3. The minimum Gasteiger partial charge on any atom is -0.340 e. The Kier molecular flexibility index (Phi) is 7.05.